The molecule has 1 rings (SSSR count). The molecule has 0 aromatic rings. The fourth-order valence-corrected chi connectivity index (χ4v) is 0.533. The lowest BCUT2D eigenvalue weighted by molar-refractivity contribution is 0.246. The van der Waals surface area contributed by atoms with Gasteiger partial charge in [-0.2, -0.15) is 0 Å². The fraction of sp³-hybridized carbons (Fsp3) is 0.500. The maximum absolute atomic E-state index is 5.00. The summed E-state index contributed by atoms with van der Waals surface area (Å²) in [6, 6.07) is 0. The number of allylic oxidation sites excluding steroid dienone is 1. The van der Waals surface area contributed by atoms with E-state index < -0.39 is 0 Å². The van der Waals surface area contributed by atoms with Crippen LogP contribution in [0.5, 0.6) is 0 Å². The summed E-state index contributed by atoms with van der Waals surface area (Å²) >= 11 is 0. The van der Waals surface area contributed by atoms with E-state index >= 15 is 0 Å². The standard InChI is InChI=1S/C6H9NO/c1-3-7-4-2-6-8-5-1/h1,3,5H,2,4,6H2. The van der Waals surface area contributed by atoms with Gasteiger partial charge in [0.1, 0.15) is 0 Å². The van der Waals surface area contributed by atoms with E-state index in [-0.39, 0.29) is 0 Å². The Balaban J connectivity index is 2.33. The van der Waals surface area contributed by atoms with Crippen LogP contribution in [-0.2, 0) is 4.74 Å². The van der Waals surface area contributed by atoms with Gasteiger partial charge in [0, 0.05) is 19.2 Å². The lowest BCUT2D eigenvalue weighted by Gasteiger charge is -1.98. The minimum Gasteiger partial charge on any atom is -0.501 e. The van der Waals surface area contributed by atoms with Gasteiger partial charge in [0.2, 0.25) is 0 Å². The van der Waals surface area contributed by atoms with Crippen LogP contribution in [0.1, 0.15) is 6.42 Å². The van der Waals surface area contributed by atoms with E-state index in [0.717, 1.165) is 19.6 Å². The molecular formula is C6H9NO. The highest BCUT2D eigenvalue weighted by Crippen LogP contribution is 1.87. The summed E-state index contributed by atoms with van der Waals surface area (Å²) in [5.74, 6) is 0. The molecule has 0 aromatic carbocycles. The molecule has 0 amide bonds. The van der Waals surface area contributed by atoms with Crippen LogP contribution in [0.3, 0.4) is 0 Å². The lowest BCUT2D eigenvalue weighted by Crippen LogP contribution is -1.93. The topological polar surface area (TPSA) is 21.6 Å². The van der Waals surface area contributed by atoms with Gasteiger partial charge in [-0.3, -0.25) is 4.99 Å². The van der Waals surface area contributed by atoms with Crippen molar-refractivity contribution in [3.05, 3.63) is 12.3 Å². The number of rotatable bonds is 0. The third-order valence-corrected chi connectivity index (χ3v) is 0.916. The molecule has 2 nitrogen and oxygen atoms in total. The van der Waals surface area contributed by atoms with Crippen molar-refractivity contribution in [1.29, 1.82) is 0 Å². The normalized spacial score (nSPS) is 19.0. The third kappa shape index (κ3) is 1.78. The van der Waals surface area contributed by atoms with Crippen LogP contribution in [0, 0.1) is 0 Å². The fourth-order valence-electron chi connectivity index (χ4n) is 0.533. The molecule has 1 aliphatic heterocycles. The Labute approximate surface area is 48.9 Å². The SMILES string of the molecule is C1=COCCCN=C1. The number of nitrogens with zero attached hydrogens (tertiary/aromatic N) is 1. The first kappa shape index (κ1) is 5.35. The third-order valence-electron chi connectivity index (χ3n) is 0.916. The lowest BCUT2D eigenvalue weighted by atomic mass is 10.4. The van der Waals surface area contributed by atoms with E-state index in [1.54, 1.807) is 18.6 Å². The van der Waals surface area contributed by atoms with Crippen molar-refractivity contribution >= 4 is 6.21 Å². The summed E-state index contributed by atoms with van der Waals surface area (Å²) in [6.07, 6.45) is 6.27. The largest absolute Gasteiger partial charge is 0.501 e. The zero-order valence-corrected chi connectivity index (χ0v) is 4.71. The highest BCUT2D eigenvalue weighted by Gasteiger charge is 1.84. The van der Waals surface area contributed by atoms with Crippen LogP contribution in [0.25, 0.3) is 0 Å². The maximum Gasteiger partial charge on any atom is 0.0891 e. The molecule has 8 heavy (non-hydrogen) atoms. The quantitative estimate of drug-likeness (QED) is 0.457. The molecule has 44 valence electrons. The average Bonchev–Trinajstić information content (AvgIpc) is 1.62. The smallest absolute Gasteiger partial charge is 0.0891 e. The van der Waals surface area contributed by atoms with E-state index in [1.165, 1.54) is 0 Å². The number of ether oxygens (including phenoxy) is 1. The number of hydrogen-bond acceptors (Lipinski definition) is 2. The summed E-state index contributed by atoms with van der Waals surface area (Å²) in [5, 5.41) is 0. The molecule has 1 heterocycles. The second kappa shape index (κ2) is 3.24. The Morgan fingerprint density at radius 3 is 3.50 bits per heavy atom. The Kier molecular flexibility index (Phi) is 2.17. The highest BCUT2D eigenvalue weighted by atomic mass is 16.5. The van der Waals surface area contributed by atoms with Crippen molar-refractivity contribution in [3.63, 3.8) is 0 Å². The zero-order valence-electron chi connectivity index (χ0n) is 4.71. The predicted octanol–water partition coefficient (Wildman–Crippen LogP) is 0.991. The molecule has 0 bridgehead atoms. The van der Waals surface area contributed by atoms with E-state index in [0.29, 0.717) is 0 Å². The van der Waals surface area contributed by atoms with Gasteiger partial charge in [0.05, 0.1) is 12.9 Å². The minimum absolute atomic E-state index is 0.799. The van der Waals surface area contributed by atoms with Crippen LogP contribution >= 0.6 is 0 Å². The second-order valence-electron chi connectivity index (χ2n) is 1.61. The zero-order chi connectivity index (χ0) is 5.66. The first-order valence-corrected chi connectivity index (χ1v) is 2.77. The van der Waals surface area contributed by atoms with Crippen molar-refractivity contribution in [1.82, 2.24) is 0 Å². The Bertz CT molecular complexity index is 93.1. The summed E-state index contributed by atoms with van der Waals surface area (Å²) in [7, 11) is 0. The molecule has 2 heteroatoms. The van der Waals surface area contributed by atoms with Crippen molar-refractivity contribution in [3.8, 4) is 0 Å². The van der Waals surface area contributed by atoms with Crippen LogP contribution < -0.4 is 0 Å². The van der Waals surface area contributed by atoms with Gasteiger partial charge in [0.15, 0.2) is 0 Å². The maximum atomic E-state index is 5.00. The number of aliphatic imine (C=N–C) groups is 1. The Morgan fingerprint density at radius 2 is 2.50 bits per heavy atom. The van der Waals surface area contributed by atoms with E-state index in [9.17, 15) is 0 Å². The Hall–Kier alpha value is -0.790. The van der Waals surface area contributed by atoms with Gasteiger partial charge in [0.25, 0.3) is 0 Å². The molecule has 0 saturated heterocycles. The highest BCUT2D eigenvalue weighted by molar-refractivity contribution is 5.70. The van der Waals surface area contributed by atoms with Crippen LogP contribution in [-0.4, -0.2) is 19.4 Å². The van der Waals surface area contributed by atoms with Crippen molar-refractivity contribution in [2.45, 2.75) is 6.42 Å². The van der Waals surface area contributed by atoms with Gasteiger partial charge in [-0.25, -0.2) is 0 Å². The molecule has 0 unspecified atom stereocenters. The first-order chi connectivity index (χ1) is 4.00. The monoisotopic (exact) mass is 111 g/mol. The molecule has 1 aliphatic rings. The van der Waals surface area contributed by atoms with Crippen molar-refractivity contribution in [2.75, 3.05) is 13.2 Å². The van der Waals surface area contributed by atoms with Gasteiger partial charge < -0.3 is 4.74 Å². The van der Waals surface area contributed by atoms with Gasteiger partial charge in [-0.15, -0.1) is 0 Å². The van der Waals surface area contributed by atoms with E-state index in [4.69, 9.17) is 4.74 Å². The van der Waals surface area contributed by atoms with Crippen LogP contribution in [0.4, 0.5) is 0 Å². The molecule has 0 atom stereocenters. The molecule has 0 aromatic heterocycles. The van der Waals surface area contributed by atoms with E-state index in [2.05, 4.69) is 4.99 Å². The molecule has 0 saturated carbocycles. The summed E-state index contributed by atoms with van der Waals surface area (Å²) < 4.78 is 5.00. The molecule has 0 spiro atoms. The summed E-state index contributed by atoms with van der Waals surface area (Å²) in [5.41, 5.74) is 0. The summed E-state index contributed by atoms with van der Waals surface area (Å²) in [4.78, 5) is 4.04. The number of hydrogen-bond donors (Lipinski definition) is 0. The predicted molar refractivity (Wildman–Crippen MR) is 33.1 cm³/mol. The van der Waals surface area contributed by atoms with Crippen molar-refractivity contribution in [2.24, 2.45) is 4.99 Å². The van der Waals surface area contributed by atoms with Crippen molar-refractivity contribution < 1.29 is 4.74 Å². The van der Waals surface area contributed by atoms with Gasteiger partial charge in [-0.1, -0.05) is 0 Å². The first-order valence-electron chi connectivity index (χ1n) is 2.77. The average molecular weight is 111 g/mol. The van der Waals surface area contributed by atoms with Gasteiger partial charge >= 0.3 is 0 Å². The van der Waals surface area contributed by atoms with Crippen LogP contribution in [0.15, 0.2) is 17.3 Å². The molecule has 0 radical (unpaired) electrons. The second-order valence-corrected chi connectivity index (χ2v) is 1.61. The van der Waals surface area contributed by atoms with Crippen LogP contribution in [0.2, 0.25) is 0 Å². The Morgan fingerprint density at radius 1 is 1.50 bits per heavy atom. The van der Waals surface area contributed by atoms with E-state index in [1.807, 2.05) is 0 Å². The molecule has 0 aliphatic carbocycles. The molecule has 0 fully saturated rings. The summed E-state index contributed by atoms with van der Waals surface area (Å²) in [6.45, 7) is 1.69. The minimum atomic E-state index is 0.799. The molecule has 0 N–H and O–H groups in total. The molecular weight excluding hydrogens is 102 g/mol. The van der Waals surface area contributed by atoms with Gasteiger partial charge in [-0.05, 0) is 6.08 Å².